The molecule has 0 saturated heterocycles. The first-order chi connectivity index (χ1) is 12.0. The number of hydrogen-bond acceptors (Lipinski definition) is 4. The van der Waals surface area contributed by atoms with Gasteiger partial charge in [-0.15, -0.1) is 11.3 Å². The molecule has 0 saturated carbocycles. The lowest BCUT2D eigenvalue weighted by molar-refractivity contribution is 0.0956. The van der Waals surface area contributed by atoms with Gasteiger partial charge in [-0.2, -0.15) is 5.10 Å². The van der Waals surface area contributed by atoms with Crippen LogP contribution in [-0.2, 0) is 6.54 Å². The van der Waals surface area contributed by atoms with Crippen molar-refractivity contribution < 1.29 is 9.18 Å². The van der Waals surface area contributed by atoms with E-state index in [-0.39, 0.29) is 11.7 Å². The molecule has 0 aliphatic carbocycles. The summed E-state index contributed by atoms with van der Waals surface area (Å²) in [5, 5.41) is 7.86. The quantitative estimate of drug-likeness (QED) is 0.685. The Morgan fingerprint density at radius 1 is 1.28 bits per heavy atom. The smallest absolute Gasteiger partial charge is 0.263 e. The fourth-order valence-corrected chi connectivity index (χ4v) is 3.42. The third-order valence-electron chi connectivity index (χ3n) is 3.71. The van der Waals surface area contributed by atoms with Crippen LogP contribution in [0.4, 0.5) is 4.39 Å². The number of nitrogens with one attached hydrogen (secondary N) is 1. The number of rotatable bonds is 6. The van der Waals surface area contributed by atoms with Crippen LogP contribution in [0.15, 0.2) is 36.7 Å². The summed E-state index contributed by atoms with van der Waals surface area (Å²) in [5.41, 5.74) is 2.62. The van der Waals surface area contributed by atoms with Gasteiger partial charge in [-0.1, -0.05) is 0 Å². The molecule has 130 valence electrons. The van der Waals surface area contributed by atoms with Crippen molar-refractivity contribution in [3.63, 3.8) is 0 Å². The Kier molecular flexibility index (Phi) is 5.23. The van der Waals surface area contributed by atoms with Crippen molar-refractivity contribution in [2.24, 2.45) is 0 Å². The number of thiazole rings is 1. The third kappa shape index (κ3) is 4.30. The Morgan fingerprint density at radius 2 is 2.04 bits per heavy atom. The number of carbonyl (C=O) groups excluding carboxylic acids is 1. The molecule has 3 aromatic rings. The van der Waals surface area contributed by atoms with Crippen molar-refractivity contribution in [3.05, 3.63) is 58.6 Å². The number of benzene rings is 1. The molecule has 0 aliphatic rings. The molecule has 0 radical (unpaired) electrons. The Morgan fingerprint density at radius 3 is 2.72 bits per heavy atom. The van der Waals surface area contributed by atoms with Crippen LogP contribution in [-0.4, -0.2) is 27.2 Å². The lowest BCUT2D eigenvalue weighted by Gasteiger charge is -2.04. The van der Waals surface area contributed by atoms with Crippen LogP contribution in [0.1, 0.15) is 27.3 Å². The van der Waals surface area contributed by atoms with E-state index in [1.54, 1.807) is 12.1 Å². The number of carbonyl (C=O) groups is 1. The minimum atomic E-state index is -0.289. The summed E-state index contributed by atoms with van der Waals surface area (Å²) in [6, 6.07) is 6.12. The van der Waals surface area contributed by atoms with Crippen molar-refractivity contribution in [3.8, 4) is 10.6 Å². The van der Waals surface area contributed by atoms with Crippen LogP contribution in [0.3, 0.4) is 0 Å². The molecule has 5 nitrogen and oxygen atoms in total. The minimum Gasteiger partial charge on any atom is -0.351 e. The van der Waals surface area contributed by atoms with Crippen LogP contribution in [0.5, 0.6) is 0 Å². The summed E-state index contributed by atoms with van der Waals surface area (Å²) in [5.74, 6) is -0.414. The van der Waals surface area contributed by atoms with Crippen LogP contribution in [0, 0.1) is 19.7 Å². The van der Waals surface area contributed by atoms with Gasteiger partial charge in [0.15, 0.2) is 0 Å². The molecule has 2 heterocycles. The van der Waals surface area contributed by atoms with Crippen molar-refractivity contribution in [2.45, 2.75) is 26.8 Å². The molecule has 0 aliphatic heterocycles. The Hall–Kier alpha value is -2.54. The molecule has 7 heteroatoms. The second-order valence-electron chi connectivity index (χ2n) is 5.83. The van der Waals surface area contributed by atoms with Gasteiger partial charge in [0.25, 0.3) is 5.91 Å². The molecule has 0 fully saturated rings. The number of halogens is 1. The van der Waals surface area contributed by atoms with Gasteiger partial charge in [0.1, 0.15) is 15.7 Å². The number of aromatic nitrogens is 3. The number of nitrogens with zero attached hydrogens (tertiary/aromatic N) is 3. The zero-order valence-electron chi connectivity index (χ0n) is 14.1. The Bertz CT molecular complexity index is 870. The van der Waals surface area contributed by atoms with E-state index in [1.807, 2.05) is 30.9 Å². The average molecular weight is 358 g/mol. The molecule has 1 amide bonds. The van der Waals surface area contributed by atoms with E-state index in [4.69, 9.17) is 0 Å². The van der Waals surface area contributed by atoms with Crippen LogP contribution < -0.4 is 5.32 Å². The van der Waals surface area contributed by atoms with Crippen molar-refractivity contribution in [2.75, 3.05) is 6.54 Å². The summed E-state index contributed by atoms with van der Waals surface area (Å²) in [7, 11) is 0. The van der Waals surface area contributed by atoms with Crippen LogP contribution in [0.25, 0.3) is 10.6 Å². The fraction of sp³-hybridized carbons (Fsp3) is 0.278. The predicted molar refractivity (Wildman–Crippen MR) is 96.2 cm³/mol. The van der Waals surface area contributed by atoms with Gasteiger partial charge in [0, 0.05) is 24.8 Å². The van der Waals surface area contributed by atoms with Crippen molar-refractivity contribution >= 4 is 17.2 Å². The van der Waals surface area contributed by atoms with E-state index >= 15 is 0 Å². The molecule has 1 N–H and O–H groups in total. The lowest BCUT2D eigenvalue weighted by atomic mass is 10.2. The first kappa shape index (κ1) is 17.3. The summed E-state index contributed by atoms with van der Waals surface area (Å²) in [6.45, 7) is 5.14. The zero-order valence-corrected chi connectivity index (χ0v) is 14.9. The standard InChI is InChI=1S/C18H19FN4OS/c1-12-10-21-23(11-12)9-3-8-20-17(24)16-13(2)22-18(25-16)14-4-6-15(19)7-5-14/h4-7,10-11H,3,8-9H2,1-2H3,(H,20,24). The van der Waals surface area contributed by atoms with Gasteiger partial charge in [-0.3, -0.25) is 9.48 Å². The Balaban J connectivity index is 1.57. The molecule has 25 heavy (non-hydrogen) atoms. The monoisotopic (exact) mass is 358 g/mol. The van der Waals surface area contributed by atoms with Crippen molar-refractivity contribution in [1.82, 2.24) is 20.1 Å². The molecular formula is C18H19FN4OS. The lowest BCUT2D eigenvalue weighted by Crippen LogP contribution is -2.25. The highest BCUT2D eigenvalue weighted by molar-refractivity contribution is 7.17. The number of aryl methyl sites for hydroxylation is 3. The first-order valence-electron chi connectivity index (χ1n) is 8.03. The molecule has 0 spiro atoms. The third-order valence-corrected chi connectivity index (χ3v) is 4.91. The second kappa shape index (κ2) is 7.57. The second-order valence-corrected chi connectivity index (χ2v) is 6.83. The highest BCUT2D eigenvalue weighted by Gasteiger charge is 2.15. The number of hydrogen-bond donors (Lipinski definition) is 1. The Labute approximate surface area is 149 Å². The molecule has 0 unspecified atom stereocenters. The highest BCUT2D eigenvalue weighted by Crippen LogP contribution is 2.27. The topological polar surface area (TPSA) is 59.8 Å². The molecule has 2 aromatic heterocycles. The SMILES string of the molecule is Cc1cnn(CCCNC(=O)c2sc(-c3ccc(F)cc3)nc2C)c1. The first-order valence-corrected chi connectivity index (χ1v) is 8.85. The van der Waals surface area contributed by atoms with Gasteiger partial charge < -0.3 is 5.32 Å². The summed E-state index contributed by atoms with van der Waals surface area (Å²) in [6.07, 6.45) is 4.59. The van der Waals surface area contributed by atoms with Gasteiger partial charge >= 0.3 is 0 Å². The molecular weight excluding hydrogens is 339 g/mol. The van der Waals surface area contributed by atoms with Crippen molar-refractivity contribution in [1.29, 1.82) is 0 Å². The minimum absolute atomic E-state index is 0.125. The maximum atomic E-state index is 13.0. The fourth-order valence-electron chi connectivity index (χ4n) is 2.44. The molecule has 3 rings (SSSR count). The van der Waals surface area contributed by atoms with E-state index in [0.29, 0.717) is 17.1 Å². The summed E-state index contributed by atoms with van der Waals surface area (Å²) >= 11 is 1.32. The van der Waals surface area contributed by atoms with E-state index in [2.05, 4.69) is 15.4 Å². The van der Waals surface area contributed by atoms with Crippen LogP contribution >= 0.6 is 11.3 Å². The van der Waals surface area contributed by atoms with Crippen LogP contribution in [0.2, 0.25) is 0 Å². The van der Waals surface area contributed by atoms with E-state index < -0.39 is 0 Å². The van der Waals surface area contributed by atoms with Gasteiger partial charge in [-0.25, -0.2) is 9.37 Å². The molecule has 0 atom stereocenters. The summed E-state index contributed by atoms with van der Waals surface area (Å²) < 4.78 is 14.9. The maximum absolute atomic E-state index is 13.0. The van der Waals surface area contributed by atoms with E-state index in [9.17, 15) is 9.18 Å². The largest absolute Gasteiger partial charge is 0.351 e. The number of amides is 1. The maximum Gasteiger partial charge on any atom is 0.263 e. The zero-order chi connectivity index (χ0) is 17.8. The van der Waals surface area contributed by atoms with E-state index in [0.717, 1.165) is 29.1 Å². The van der Waals surface area contributed by atoms with Gasteiger partial charge in [0.05, 0.1) is 11.9 Å². The molecule has 0 bridgehead atoms. The summed E-state index contributed by atoms with van der Waals surface area (Å²) in [4.78, 5) is 17.4. The predicted octanol–water partition coefficient (Wildman–Crippen LogP) is 3.58. The average Bonchev–Trinajstić information content (AvgIpc) is 3.18. The molecule has 1 aromatic carbocycles. The van der Waals surface area contributed by atoms with Gasteiger partial charge in [-0.05, 0) is 50.1 Å². The van der Waals surface area contributed by atoms with E-state index in [1.165, 1.54) is 23.5 Å². The highest BCUT2D eigenvalue weighted by atomic mass is 32.1. The van der Waals surface area contributed by atoms with Gasteiger partial charge in [0.2, 0.25) is 0 Å². The normalized spacial score (nSPS) is 10.8.